The fourth-order valence-corrected chi connectivity index (χ4v) is 2.15. The summed E-state index contributed by atoms with van der Waals surface area (Å²) in [4.78, 5) is 15.6. The number of benzene rings is 1. The molecule has 0 fully saturated rings. The maximum absolute atomic E-state index is 13.3. The van der Waals surface area contributed by atoms with Crippen LogP contribution < -0.4 is 5.32 Å². The Balaban J connectivity index is 1.75. The second-order valence-electron chi connectivity index (χ2n) is 3.85. The largest absolute Gasteiger partial charge is 0.355 e. The van der Waals surface area contributed by atoms with Crippen LogP contribution in [0, 0.1) is 5.82 Å². The number of hydrogen-bond donors (Lipinski definition) is 1. The molecule has 3 nitrogen and oxygen atoms in total. The number of rotatable bonds is 5. The average molecular weight is 264 g/mol. The summed E-state index contributed by atoms with van der Waals surface area (Å²) in [5.74, 6) is -0.316. The first-order valence-electron chi connectivity index (χ1n) is 5.63. The second kappa shape index (κ2) is 6.26. The Morgan fingerprint density at radius 2 is 2.22 bits per heavy atom. The van der Waals surface area contributed by atoms with Gasteiger partial charge in [0.2, 0.25) is 5.91 Å². The van der Waals surface area contributed by atoms with E-state index in [-0.39, 0.29) is 18.1 Å². The molecule has 1 amide bonds. The average Bonchev–Trinajstić information content (AvgIpc) is 2.84. The van der Waals surface area contributed by atoms with Crippen molar-refractivity contribution in [2.75, 3.05) is 6.54 Å². The standard InChI is InChI=1S/C13H13FN2OS/c14-12-4-2-1-3-10(12)5-6-15-13(17)7-11-8-18-9-16-11/h1-4,8-9H,5-7H2,(H,15,17). The van der Waals surface area contributed by atoms with Gasteiger partial charge in [-0.05, 0) is 18.1 Å². The van der Waals surface area contributed by atoms with Crippen molar-refractivity contribution in [2.45, 2.75) is 12.8 Å². The molecule has 2 rings (SSSR count). The zero-order valence-electron chi connectivity index (χ0n) is 9.73. The van der Waals surface area contributed by atoms with E-state index in [1.807, 2.05) is 5.38 Å². The molecule has 1 aromatic carbocycles. The minimum absolute atomic E-state index is 0.0859. The summed E-state index contributed by atoms with van der Waals surface area (Å²) in [5, 5.41) is 4.60. The molecule has 0 radical (unpaired) electrons. The lowest BCUT2D eigenvalue weighted by Crippen LogP contribution is -2.27. The van der Waals surface area contributed by atoms with Crippen molar-refractivity contribution in [1.82, 2.24) is 10.3 Å². The molecule has 1 aromatic heterocycles. The smallest absolute Gasteiger partial charge is 0.226 e. The lowest BCUT2D eigenvalue weighted by Gasteiger charge is -2.05. The highest BCUT2D eigenvalue weighted by Crippen LogP contribution is 2.06. The van der Waals surface area contributed by atoms with Gasteiger partial charge in [0, 0.05) is 11.9 Å². The third-order valence-corrected chi connectivity index (χ3v) is 3.13. The molecule has 0 bridgehead atoms. The van der Waals surface area contributed by atoms with E-state index in [1.54, 1.807) is 23.7 Å². The van der Waals surface area contributed by atoms with Crippen molar-refractivity contribution in [1.29, 1.82) is 0 Å². The van der Waals surface area contributed by atoms with Crippen molar-refractivity contribution in [3.63, 3.8) is 0 Å². The number of thiazole rings is 1. The Bertz CT molecular complexity index is 513. The molecule has 94 valence electrons. The van der Waals surface area contributed by atoms with E-state index in [9.17, 15) is 9.18 Å². The Labute approximate surface area is 109 Å². The van der Waals surface area contributed by atoms with Crippen LogP contribution in [0.1, 0.15) is 11.3 Å². The van der Waals surface area contributed by atoms with Gasteiger partial charge in [-0.1, -0.05) is 18.2 Å². The molecule has 0 saturated carbocycles. The third-order valence-electron chi connectivity index (χ3n) is 2.50. The van der Waals surface area contributed by atoms with Gasteiger partial charge in [-0.25, -0.2) is 9.37 Å². The summed E-state index contributed by atoms with van der Waals surface area (Å²) in [6, 6.07) is 6.59. The van der Waals surface area contributed by atoms with Gasteiger partial charge in [-0.15, -0.1) is 11.3 Å². The first-order chi connectivity index (χ1) is 8.75. The molecule has 0 saturated heterocycles. The summed E-state index contributed by atoms with van der Waals surface area (Å²) in [6.07, 6.45) is 0.774. The number of nitrogens with one attached hydrogen (secondary N) is 1. The molecule has 2 aromatic rings. The molecule has 0 aliphatic rings. The Kier molecular flexibility index (Phi) is 4.41. The van der Waals surface area contributed by atoms with Crippen LogP contribution in [-0.2, 0) is 17.6 Å². The van der Waals surface area contributed by atoms with Gasteiger partial charge in [0.15, 0.2) is 0 Å². The van der Waals surface area contributed by atoms with Crippen molar-refractivity contribution < 1.29 is 9.18 Å². The number of halogens is 1. The minimum Gasteiger partial charge on any atom is -0.355 e. The van der Waals surface area contributed by atoms with E-state index in [1.165, 1.54) is 17.4 Å². The topological polar surface area (TPSA) is 42.0 Å². The van der Waals surface area contributed by atoms with Gasteiger partial charge in [0.25, 0.3) is 0 Å². The van der Waals surface area contributed by atoms with E-state index >= 15 is 0 Å². The van der Waals surface area contributed by atoms with Crippen LogP contribution >= 0.6 is 11.3 Å². The van der Waals surface area contributed by atoms with Crippen molar-refractivity contribution >= 4 is 17.2 Å². The molecule has 5 heteroatoms. The van der Waals surface area contributed by atoms with Gasteiger partial charge in [0.05, 0.1) is 17.6 Å². The Morgan fingerprint density at radius 1 is 1.39 bits per heavy atom. The molecule has 0 aliphatic carbocycles. The zero-order chi connectivity index (χ0) is 12.8. The fraction of sp³-hybridized carbons (Fsp3) is 0.231. The molecule has 1 N–H and O–H groups in total. The highest BCUT2D eigenvalue weighted by molar-refractivity contribution is 7.07. The molecule has 0 unspecified atom stereocenters. The number of nitrogens with zero attached hydrogens (tertiary/aromatic N) is 1. The quantitative estimate of drug-likeness (QED) is 0.899. The Hall–Kier alpha value is -1.75. The summed E-state index contributed by atoms with van der Waals surface area (Å²) in [7, 11) is 0. The van der Waals surface area contributed by atoms with Crippen LogP contribution in [0.25, 0.3) is 0 Å². The number of aromatic nitrogens is 1. The van der Waals surface area contributed by atoms with Crippen LogP contribution in [-0.4, -0.2) is 17.4 Å². The lowest BCUT2D eigenvalue weighted by atomic mass is 10.1. The Morgan fingerprint density at radius 3 is 2.94 bits per heavy atom. The summed E-state index contributed by atoms with van der Waals surface area (Å²) >= 11 is 1.46. The van der Waals surface area contributed by atoms with Gasteiger partial charge >= 0.3 is 0 Å². The highest BCUT2D eigenvalue weighted by atomic mass is 32.1. The third kappa shape index (κ3) is 3.63. The molecular formula is C13H13FN2OS. The van der Waals surface area contributed by atoms with Gasteiger partial charge in [0.1, 0.15) is 5.82 Å². The molecule has 0 aliphatic heterocycles. The monoisotopic (exact) mass is 264 g/mol. The highest BCUT2D eigenvalue weighted by Gasteiger charge is 2.05. The van der Waals surface area contributed by atoms with Crippen LogP contribution in [0.15, 0.2) is 35.2 Å². The van der Waals surface area contributed by atoms with Gasteiger partial charge < -0.3 is 5.32 Å². The molecule has 0 atom stereocenters. The molecular weight excluding hydrogens is 251 g/mol. The maximum Gasteiger partial charge on any atom is 0.226 e. The maximum atomic E-state index is 13.3. The molecule has 18 heavy (non-hydrogen) atoms. The van der Waals surface area contributed by atoms with Crippen LogP contribution in [0.3, 0.4) is 0 Å². The number of amides is 1. The molecule has 0 spiro atoms. The lowest BCUT2D eigenvalue weighted by molar-refractivity contribution is -0.120. The van der Waals surface area contributed by atoms with Crippen molar-refractivity contribution in [3.05, 3.63) is 52.2 Å². The first-order valence-corrected chi connectivity index (χ1v) is 6.57. The van der Waals surface area contributed by atoms with Gasteiger partial charge in [-0.3, -0.25) is 4.79 Å². The van der Waals surface area contributed by atoms with E-state index in [0.717, 1.165) is 5.69 Å². The van der Waals surface area contributed by atoms with Crippen LogP contribution in [0.4, 0.5) is 4.39 Å². The molecule has 1 heterocycles. The number of carbonyl (C=O) groups is 1. The SMILES string of the molecule is O=C(Cc1cscn1)NCCc1ccccc1F. The van der Waals surface area contributed by atoms with E-state index in [4.69, 9.17) is 0 Å². The normalized spacial score (nSPS) is 10.3. The van der Waals surface area contributed by atoms with Crippen LogP contribution in [0.2, 0.25) is 0 Å². The summed E-state index contributed by atoms with van der Waals surface area (Å²) < 4.78 is 13.3. The van der Waals surface area contributed by atoms with Gasteiger partial charge in [-0.2, -0.15) is 0 Å². The summed E-state index contributed by atoms with van der Waals surface area (Å²) in [6.45, 7) is 0.434. The zero-order valence-corrected chi connectivity index (χ0v) is 10.5. The van der Waals surface area contributed by atoms with E-state index in [2.05, 4.69) is 10.3 Å². The summed E-state index contributed by atoms with van der Waals surface area (Å²) in [5.41, 5.74) is 3.08. The fourth-order valence-electron chi connectivity index (χ4n) is 1.59. The van der Waals surface area contributed by atoms with E-state index < -0.39 is 0 Å². The first kappa shape index (κ1) is 12.7. The van der Waals surface area contributed by atoms with Crippen molar-refractivity contribution in [2.24, 2.45) is 0 Å². The predicted molar refractivity (Wildman–Crippen MR) is 68.9 cm³/mol. The predicted octanol–water partition coefficient (Wildman–Crippen LogP) is 2.18. The van der Waals surface area contributed by atoms with Crippen molar-refractivity contribution in [3.8, 4) is 0 Å². The second-order valence-corrected chi connectivity index (χ2v) is 4.57. The minimum atomic E-state index is -0.230. The van der Waals surface area contributed by atoms with E-state index in [0.29, 0.717) is 18.5 Å². The number of carbonyl (C=O) groups excluding carboxylic acids is 1. The number of hydrogen-bond acceptors (Lipinski definition) is 3. The van der Waals surface area contributed by atoms with Crippen LogP contribution in [0.5, 0.6) is 0 Å².